The Morgan fingerprint density at radius 3 is 2.90 bits per heavy atom. The molecule has 2 aliphatic heterocycles. The largest absolute Gasteiger partial charge is 0.497 e. The van der Waals surface area contributed by atoms with Gasteiger partial charge in [0.15, 0.2) is 0 Å². The van der Waals surface area contributed by atoms with Crippen LogP contribution in [0.15, 0.2) is 48.5 Å². The Kier molecular flexibility index (Phi) is 6.32. The molecule has 0 aromatic heterocycles. The predicted molar refractivity (Wildman–Crippen MR) is 114 cm³/mol. The van der Waals surface area contributed by atoms with Crippen LogP contribution in [0.2, 0.25) is 0 Å². The number of amides is 2. The number of urea groups is 1. The topological polar surface area (TPSA) is 54.0 Å². The maximum atomic E-state index is 12.8. The Hall–Kier alpha value is -2.57. The Labute approximate surface area is 172 Å². The molecule has 154 valence electrons. The molecule has 0 radical (unpaired) electrons. The van der Waals surface area contributed by atoms with Crippen LogP contribution in [0.25, 0.3) is 0 Å². The zero-order valence-corrected chi connectivity index (χ0v) is 17.0. The molecule has 1 fully saturated rings. The number of hydrogen-bond acceptors (Lipinski definition) is 4. The molecule has 4 rings (SSSR count). The van der Waals surface area contributed by atoms with Gasteiger partial charge < -0.3 is 14.8 Å². The van der Waals surface area contributed by atoms with Crippen LogP contribution >= 0.6 is 0 Å². The Morgan fingerprint density at radius 1 is 1.21 bits per heavy atom. The molecular formula is C23H29N3O3. The van der Waals surface area contributed by atoms with Gasteiger partial charge in [0.2, 0.25) is 0 Å². The fourth-order valence-corrected chi connectivity index (χ4v) is 4.09. The molecule has 2 aliphatic rings. The highest BCUT2D eigenvalue weighted by atomic mass is 16.5. The van der Waals surface area contributed by atoms with Crippen LogP contribution in [0.4, 0.5) is 10.5 Å². The molecule has 6 nitrogen and oxygen atoms in total. The number of ether oxygens (including phenoxy) is 2. The second-order valence-corrected chi connectivity index (χ2v) is 7.65. The number of carbonyl (C=O) groups excluding carboxylic acids is 1. The van der Waals surface area contributed by atoms with Crippen molar-refractivity contribution in [1.29, 1.82) is 0 Å². The Balaban J connectivity index is 1.32. The molecule has 0 spiro atoms. The van der Waals surface area contributed by atoms with E-state index >= 15 is 0 Å². The molecule has 0 bridgehead atoms. The zero-order chi connectivity index (χ0) is 20.1. The van der Waals surface area contributed by atoms with Gasteiger partial charge in [0, 0.05) is 45.0 Å². The average molecular weight is 396 g/mol. The first-order chi connectivity index (χ1) is 14.2. The van der Waals surface area contributed by atoms with Crippen LogP contribution in [0.1, 0.15) is 17.5 Å². The minimum Gasteiger partial charge on any atom is -0.497 e. The summed E-state index contributed by atoms with van der Waals surface area (Å²) >= 11 is 0. The monoisotopic (exact) mass is 395 g/mol. The molecule has 1 saturated heterocycles. The van der Waals surface area contributed by atoms with Crippen LogP contribution in [-0.2, 0) is 17.7 Å². The van der Waals surface area contributed by atoms with E-state index in [1.807, 2.05) is 29.2 Å². The summed E-state index contributed by atoms with van der Waals surface area (Å²) in [5, 5.41) is 3.08. The molecule has 29 heavy (non-hydrogen) atoms. The van der Waals surface area contributed by atoms with E-state index in [1.54, 1.807) is 7.11 Å². The van der Waals surface area contributed by atoms with Crippen molar-refractivity contribution in [3.05, 3.63) is 59.7 Å². The highest BCUT2D eigenvalue weighted by Crippen LogP contribution is 2.31. The fraction of sp³-hybridized carbons (Fsp3) is 0.435. The van der Waals surface area contributed by atoms with E-state index in [0.29, 0.717) is 13.1 Å². The van der Waals surface area contributed by atoms with Crippen molar-refractivity contribution in [3.8, 4) is 5.75 Å². The van der Waals surface area contributed by atoms with Gasteiger partial charge in [0.25, 0.3) is 0 Å². The quantitative estimate of drug-likeness (QED) is 0.846. The number of anilines is 1. The summed E-state index contributed by atoms with van der Waals surface area (Å²) in [6.07, 6.45) is 1.87. The van der Waals surface area contributed by atoms with Gasteiger partial charge in [0.05, 0.1) is 13.2 Å². The van der Waals surface area contributed by atoms with Gasteiger partial charge >= 0.3 is 6.03 Å². The van der Waals surface area contributed by atoms with E-state index < -0.39 is 0 Å². The van der Waals surface area contributed by atoms with E-state index in [4.69, 9.17) is 9.47 Å². The van der Waals surface area contributed by atoms with Gasteiger partial charge in [-0.15, -0.1) is 0 Å². The van der Waals surface area contributed by atoms with E-state index in [1.165, 1.54) is 5.56 Å². The summed E-state index contributed by atoms with van der Waals surface area (Å²) in [5.41, 5.74) is 3.43. The van der Waals surface area contributed by atoms with Gasteiger partial charge in [-0.3, -0.25) is 9.80 Å². The molecule has 2 amide bonds. The molecule has 0 saturated carbocycles. The summed E-state index contributed by atoms with van der Waals surface area (Å²) in [7, 11) is 1.66. The van der Waals surface area contributed by atoms with Gasteiger partial charge in [0.1, 0.15) is 5.75 Å². The van der Waals surface area contributed by atoms with Gasteiger partial charge in [-0.05, 0) is 42.2 Å². The lowest BCUT2D eigenvalue weighted by atomic mass is 10.1. The first-order valence-electron chi connectivity index (χ1n) is 10.3. The molecule has 2 heterocycles. The summed E-state index contributed by atoms with van der Waals surface area (Å²) in [6, 6.07) is 16.3. The first-order valence-corrected chi connectivity index (χ1v) is 10.3. The molecule has 6 heteroatoms. The third kappa shape index (κ3) is 4.89. The zero-order valence-electron chi connectivity index (χ0n) is 17.0. The van der Waals surface area contributed by atoms with Crippen LogP contribution in [0, 0.1) is 0 Å². The normalized spacial score (nSPS) is 19.5. The van der Waals surface area contributed by atoms with Crippen LogP contribution in [0.3, 0.4) is 0 Å². The minimum atomic E-state index is -0.0589. The highest BCUT2D eigenvalue weighted by molar-refractivity contribution is 5.94. The van der Waals surface area contributed by atoms with E-state index in [0.717, 1.165) is 56.1 Å². The number of nitrogens with zero attached hydrogens (tertiary/aromatic N) is 2. The van der Waals surface area contributed by atoms with Gasteiger partial charge in [-0.2, -0.15) is 0 Å². The number of rotatable bonds is 5. The molecule has 1 atom stereocenters. The fourth-order valence-electron chi connectivity index (χ4n) is 4.09. The van der Waals surface area contributed by atoms with Crippen LogP contribution in [-0.4, -0.2) is 56.9 Å². The van der Waals surface area contributed by atoms with Gasteiger partial charge in [-0.25, -0.2) is 4.79 Å². The molecule has 2 aromatic carbocycles. The first kappa shape index (κ1) is 19.7. The third-order valence-corrected chi connectivity index (χ3v) is 5.59. The molecule has 1 unspecified atom stereocenters. The summed E-state index contributed by atoms with van der Waals surface area (Å²) in [5.74, 6) is 0.830. The predicted octanol–water partition coefficient (Wildman–Crippen LogP) is 3.06. The standard InChI is InChI=1S/C23H29N3O3/c1-28-20-8-9-22-19(14-20)10-12-26(22)23(27)24-15-21-17-25(11-5-13-29-21)16-18-6-3-2-4-7-18/h2-4,6-9,14,21H,5,10-13,15-17H2,1H3,(H,24,27). The summed E-state index contributed by atoms with van der Waals surface area (Å²) in [4.78, 5) is 17.0. The summed E-state index contributed by atoms with van der Waals surface area (Å²) < 4.78 is 11.3. The van der Waals surface area contributed by atoms with Crippen molar-refractivity contribution in [3.63, 3.8) is 0 Å². The highest BCUT2D eigenvalue weighted by Gasteiger charge is 2.26. The lowest BCUT2D eigenvalue weighted by Gasteiger charge is -2.25. The Bertz CT molecular complexity index is 827. The van der Waals surface area contributed by atoms with Crippen LogP contribution < -0.4 is 15.0 Å². The van der Waals surface area contributed by atoms with E-state index in [-0.39, 0.29) is 12.1 Å². The second-order valence-electron chi connectivity index (χ2n) is 7.65. The van der Waals surface area contributed by atoms with Crippen molar-refractivity contribution in [1.82, 2.24) is 10.2 Å². The van der Waals surface area contributed by atoms with E-state index in [2.05, 4.69) is 34.5 Å². The maximum absolute atomic E-state index is 12.8. The number of methoxy groups -OCH3 is 1. The number of benzene rings is 2. The maximum Gasteiger partial charge on any atom is 0.321 e. The van der Waals surface area contributed by atoms with Crippen molar-refractivity contribution in [2.45, 2.75) is 25.5 Å². The van der Waals surface area contributed by atoms with E-state index in [9.17, 15) is 4.79 Å². The van der Waals surface area contributed by atoms with Crippen LogP contribution in [0.5, 0.6) is 5.75 Å². The Morgan fingerprint density at radius 2 is 2.07 bits per heavy atom. The van der Waals surface area contributed by atoms with Gasteiger partial charge in [-0.1, -0.05) is 30.3 Å². The minimum absolute atomic E-state index is 0.00287. The smallest absolute Gasteiger partial charge is 0.321 e. The van der Waals surface area contributed by atoms with Crippen molar-refractivity contribution >= 4 is 11.7 Å². The third-order valence-electron chi connectivity index (χ3n) is 5.59. The average Bonchev–Trinajstić information content (AvgIpc) is 3.05. The molecular weight excluding hydrogens is 366 g/mol. The number of fused-ring (bicyclic) bond motifs is 1. The number of carbonyl (C=O) groups is 1. The number of hydrogen-bond donors (Lipinski definition) is 1. The SMILES string of the molecule is COc1ccc2c(c1)CCN2C(=O)NCC1CN(Cc2ccccc2)CCCO1. The molecule has 1 N–H and O–H groups in total. The van der Waals surface area contributed by atoms with Crippen molar-refractivity contribution in [2.75, 3.05) is 44.8 Å². The number of nitrogens with one attached hydrogen (secondary N) is 1. The molecule has 2 aromatic rings. The lowest BCUT2D eigenvalue weighted by Crippen LogP contribution is -2.45. The van der Waals surface area contributed by atoms with Crippen molar-refractivity contribution in [2.24, 2.45) is 0 Å². The molecule has 0 aliphatic carbocycles. The second kappa shape index (κ2) is 9.29. The van der Waals surface area contributed by atoms with Crippen molar-refractivity contribution < 1.29 is 14.3 Å². The summed E-state index contributed by atoms with van der Waals surface area (Å²) in [6.45, 7) is 4.70. The lowest BCUT2D eigenvalue weighted by molar-refractivity contribution is 0.0552.